The van der Waals surface area contributed by atoms with Crippen molar-refractivity contribution in [2.45, 2.75) is 45.4 Å². The Morgan fingerprint density at radius 2 is 2.08 bits per heavy atom. The zero-order chi connectivity index (χ0) is 17.9. The van der Waals surface area contributed by atoms with Crippen LogP contribution in [0.15, 0.2) is 29.4 Å². The normalized spacial score (nSPS) is 15.2. The Balaban J connectivity index is 1.75. The summed E-state index contributed by atoms with van der Waals surface area (Å²) in [5.41, 5.74) is 3.35. The standard InChI is InChI=1S/C19H27N3O3/c1-2-3-13-25-17-10-8-16(9-11-17)14-20-21-18(23)15-22-12-6-4-5-7-19(22)24/h8-11,14H,2-7,12-13,15H2,1H3,(H,21,23)/b20-14-. The van der Waals surface area contributed by atoms with E-state index < -0.39 is 0 Å². The third-order valence-corrected chi connectivity index (χ3v) is 4.06. The zero-order valence-corrected chi connectivity index (χ0v) is 14.9. The molecule has 0 radical (unpaired) electrons. The summed E-state index contributed by atoms with van der Waals surface area (Å²) in [6.45, 7) is 3.56. The van der Waals surface area contributed by atoms with Gasteiger partial charge in [-0.3, -0.25) is 9.59 Å². The molecule has 136 valence electrons. The number of rotatable bonds is 8. The van der Waals surface area contributed by atoms with E-state index in [9.17, 15) is 9.59 Å². The minimum Gasteiger partial charge on any atom is -0.494 e. The molecule has 25 heavy (non-hydrogen) atoms. The number of amides is 2. The summed E-state index contributed by atoms with van der Waals surface area (Å²) in [5.74, 6) is 0.607. The first-order valence-electron chi connectivity index (χ1n) is 9.01. The highest BCUT2D eigenvalue weighted by atomic mass is 16.5. The average Bonchev–Trinajstić information content (AvgIpc) is 2.81. The molecular weight excluding hydrogens is 318 g/mol. The summed E-state index contributed by atoms with van der Waals surface area (Å²) < 4.78 is 5.60. The molecular formula is C19H27N3O3. The van der Waals surface area contributed by atoms with Crippen molar-refractivity contribution in [2.75, 3.05) is 19.7 Å². The number of nitrogens with one attached hydrogen (secondary N) is 1. The Labute approximate surface area is 149 Å². The van der Waals surface area contributed by atoms with Crippen LogP contribution in [0.3, 0.4) is 0 Å². The van der Waals surface area contributed by atoms with E-state index in [1.165, 1.54) is 0 Å². The molecule has 2 amide bonds. The third kappa shape index (κ3) is 6.95. The molecule has 0 aliphatic carbocycles. The lowest BCUT2D eigenvalue weighted by Gasteiger charge is -2.18. The van der Waals surface area contributed by atoms with Gasteiger partial charge in [-0.25, -0.2) is 5.43 Å². The molecule has 0 unspecified atom stereocenters. The van der Waals surface area contributed by atoms with Crippen LogP contribution in [0.1, 0.15) is 51.0 Å². The van der Waals surface area contributed by atoms with Crippen molar-refractivity contribution in [1.82, 2.24) is 10.3 Å². The molecule has 1 aliphatic rings. The van der Waals surface area contributed by atoms with Crippen LogP contribution in [-0.2, 0) is 9.59 Å². The van der Waals surface area contributed by atoms with Crippen LogP contribution in [0.25, 0.3) is 0 Å². The second-order valence-corrected chi connectivity index (χ2v) is 6.19. The monoisotopic (exact) mass is 345 g/mol. The minimum atomic E-state index is -0.272. The van der Waals surface area contributed by atoms with Crippen molar-refractivity contribution in [1.29, 1.82) is 0 Å². The van der Waals surface area contributed by atoms with Crippen LogP contribution in [0.2, 0.25) is 0 Å². The van der Waals surface area contributed by atoms with Gasteiger partial charge in [-0.1, -0.05) is 19.8 Å². The van der Waals surface area contributed by atoms with E-state index in [2.05, 4.69) is 17.5 Å². The van der Waals surface area contributed by atoms with E-state index in [1.54, 1.807) is 11.1 Å². The Morgan fingerprint density at radius 3 is 2.84 bits per heavy atom. The van der Waals surface area contributed by atoms with Crippen LogP contribution in [0, 0.1) is 0 Å². The number of nitrogens with zero attached hydrogens (tertiary/aromatic N) is 2. The number of likely N-dealkylation sites (tertiary alicyclic amines) is 1. The number of carbonyl (C=O) groups excluding carboxylic acids is 2. The molecule has 6 nitrogen and oxygen atoms in total. The topological polar surface area (TPSA) is 71.0 Å². The lowest BCUT2D eigenvalue weighted by molar-refractivity contribution is -0.135. The molecule has 0 bridgehead atoms. The summed E-state index contributed by atoms with van der Waals surface area (Å²) in [6.07, 6.45) is 7.16. The van der Waals surface area contributed by atoms with Gasteiger partial charge >= 0.3 is 0 Å². The van der Waals surface area contributed by atoms with E-state index in [0.717, 1.165) is 50.0 Å². The predicted molar refractivity (Wildman–Crippen MR) is 97.6 cm³/mol. The van der Waals surface area contributed by atoms with E-state index >= 15 is 0 Å². The molecule has 1 aromatic rings. The van der Waals surface area contributed by atoms with Gasteiger partial charge in [0.25, 0.3) is 5.91 Å². The van der Waals surface area contributed by atoms with E-state index in [-0.39, 0.29) is 18.4 Å². The SMILES string of the molecule is CCCCOc1ccc(/C=N\NC(=O)CN2CCCCCC2=O)cc1. The number of unbranched alkanes of at least 4 members (excludes halogenated alkanes) is 1. The van der Waals surface area contributed by atoms with Crippen molar-refractivity contribution in [3.63, 3.8) is 0 Å². The number of ether oxygens (including phenoxy) is 1. The molecule has 1 aliphatic heterocycles. The lowest BCUT2D eigenvalue weighted by atomic mass is 10.2. The Hall–Kier alpha value is -2.37. The highest BCUT2D eigenvalue weighted by molar-refractivity contribution is 5.86. The maximum atomic E-state index is 11.9. The van der Waals surface area contributed by atoms with E-state index in [0.29, 0.717) is 13.0 Å². The second kappa shape index (κ2) is 10.5. The average molecular weight is 345 g/mol. The largest absolute Gasteiger partial charge is 0.494 e. The molecule has 2 rings (SSSR count). The van der Waals surface area contributed by atoms with Gasteiger partial charge in [0, 0.05) is 13.0 Å². The van der Waals surface area contributed by atoms with Crippen LogP contribution < -0.4 is 10.2 Å². The maximum Gasteiger partial charge on any atom is 0.259 e. The van der Waals surface area contributed by atoms with Gasteiger partial charge in [-0.05, 0) is 49.1 Å². The third-order valence-electron chi connectivity index (χ3n) is 4.06. The molecule has 1 aromatic carbocycles. The molecule has 0 spiro atoms. The highest BCUT2D eigenvalue weighted by Gasteiger charge is 2.18. The van der Waals surface area contributed by atoms with Crippen molar-refractivity contribution in [3.8, 4) is 5.75 Å². The summed E-state index contributed by atoms with van der Waals surface area (Å²) in [7, 11) is 0. The van der Waals surface area contributed by atoms with Crippen LogP contribution in [0.4, 0.5) is 0 Å². The first-order chi connectivity index (χ1) is 12.2. The van der Waals surface area contributed by atoms with Gasteiger partial charge in [-0.2, -0.15) is 5.10 Å². The van der Waals surface area contributed by atoms with E-state index in [1.807, 2.05) is 24.3 Å². The highest BCUT2D eigenvalue weighted by Crippen LogP contribution is 2.12. The smallest absolute Gasteiger partial charge is 0.259 e. The Morgan fingerprint density at radius 1 is 1.28 bits per heavy atom. The predicted octanol–water partition coefficient (Wildman–Crippen LogP) is 2.72. The van der Waals surface area contributed by atoms with Gasteiger partial charge < -0.3 is 9.64 Å². The number of hydrogen-bond acceptors (Lipinski definition) is 4. The Bertz CT molecular complexity index is 584. The van der Waals surface area contributed by atoms with Gasteiger partial charge in [0.05, 0.1) is 12.8 Å². The molecule has 0 aromatic heterocycles. The quantitative estimate of drug-likeness (QED) is 0.447. The first-order valence-corrected chi connectivity index (χ1v) is 9.01. The van der Waals surface area contributed by atoms with Gasteiger partial charge in [0.1, 0.15) is 12.3 Å². The van der Waals surface area contributed by atoms with Crippen molar-refractivity contribution in [2.24, 2.45) is 5.10 Å². The van der Waals surface area contributed by atoms with Crippen LogP contribution in [0.5, 0.6) is 5.75 Å². The molecule has 0 saturated carbocycles. The van der Waals surface area contributed by atoms with E-state index in [4.69, 9.17) is 4.74 Å². The van der Waals surface area contributed by atoms with Gasteiger partial charge in [-0.15, -0.1) is 0 Å². The first kappa shape index (κ1) is 19.0. The van der Waals surface area contributed by atoms with Crippen LogP contribution in [-0.4, -0.2) is 42.6 Å². The van der Waals surface area contributed by atoms with Crippen molar-refractivity contribution >= 4 is 18.0 Å². The van der Waals surface area contributed by atoms with Crippen molar-refractivity contribution < 1.29 is 14.3 Å². The lowest BCUT2D eigenvalue weighted by Crippen LogP contribution is -2.39. The fourth-order valence-electron chi connectivity index (χ4n) is 2.58. The number of carbonyl (C=O) groups is 2. The fourth-order valence-corrected chi connectivity index (χ4v) is 2.58. The van der Waals surface area contributed by atoms with Gasteiger partial charge in [0.15, 0.2) is 0 Å². The molecule has 1 N–H and O–H groups in total. The molecule has 1 saturated heterocycles. The summed E-state index contributed by atoms with van der Waals surface area (Å²) in [5, 5.41) is 3.96. The zero-order valence-electron chi connectivity index (χ0n) is 14.9. The summed E-state index contributed by atoms with van der Waals surface area (Å²) in [4.78, 5) is 25.4. The van der Waals surface area contributed by atoms with Gasteiger partial charge in [0.2, 0.25) is 5.91 Å². The second-order valence-electron chi connectivity index (χ2n) is 6.19. The molecule has 6 heteroatoms. The summed E-state index contributed by atoms with van der Waals surface area (Å²) >= 11 is 0. The number of benzene rings is 1. The fraction of sp³-hybridized carbons (Fsp3) is 0.526. The number of hydrazone groups is 1. The minimum absolute atomic E-state index is 0.0512. The maximum absolute atomic E-state index is 11.9. The van der Waals surface area contributed by atoms with Crippen molar-refractivity contribution in [3.05, 3.63) is 29.8 Å². The van der Waals surface area contributed by atoms with Crippen LogP contribution >= 0.6 is 0 Å². The number of hydrogen-bond donors (Lipinski definition) is 1. The molecule has 0 atom stereocenters. The summed E-state index contributed by atoms with van der Waals surface area (Å²) in [6, 6.07) is 7.54. The molecule has 1 heterocycles. The molecule has 1 fully saturated rings. The Kier molecular flexibility index (Phi) is 7.95.